The van der Waals surface area contributed by atoms with Crippen molar-refractivity contribution in [2.45, 2.75) is 31.8 Å². The third kappa shape index (κ3) is 4.15. The highest BCUT2D eigenvalue weighted by Crippen LogP contribution is 2.26. The van der Waals surface area contributed by atoms with Gasteiger partial charge in [-0.15, -0.1) is 0 Å². The highest BCUT2D eigenvalue weighted by atomic mass is 19.1. The van der Waals surface area contributed by atoms with Crippen LogP contribution in [-0.4, -0.2) is 36.1 Å². The van der Waals surface area contributed by atoms with Crippen molar-refractivity contribution >= 4 is 5.69 Å². The Morgan fingerprint density at radius 1 is 1.24 bits per heavy atom. The highest BCUT2D eigenvalue weighted by molar-refractivity contribution is 5.59. The number of hydrogen-bond donors (Lipinski definition) is 0. The van der Waals surface area contributed by atoms with Gasteiger partial charge in [0.15, 0.2) is 0 Å². The predicted molar refractivity (Wildman–Crippen MR) is 96.7 cm³/mol. The van der Waals surface area contributed by atoms with Crippen LogP contribution in [0, 0.1) is 17.1 Å². The summed E-state index contributed by atoms with van der Waals surface area (Å²) in [5.74, 6) is -0.437. The molecule has 3 rings (SSSR count). The fraction of sp³-hybridized carbons (Fsp3) is 0.400. The molecule has 1 fully saturated rings. The molecule has 1 aromatic heterocycles. The monoisotopic (exact) mass is 338 g/mol. The van der Waals surface area contributed by atoms with Crippen molar-refractivity contribution in [2.75, 3.05) is 25.0 Å². The molecule has 1 saturated heterocycles. The Hall–Kier alpha value is -2.45. The summed E-state index contributed by atoms with van der Waals surface area (Å²) in [5.41, 5.74) is 1.95. The summed E-state index contributed by atoms with van der Waals surface area (Å²) >= 11 is 0. The first-order valence-corrected chi connectivity index (χ1v) is 8.72. The SMILES string of the molecule is CN(Cc1ccccn1)[C@H]1CCCN(c2cccc(F)c2C#N)CC1. The molecule has 4 nitrogen and oxygen atoms in total. The predicted octanol–water partition coefficient (Wildman–Crippen LogP) is 3.58. The standard InChI is InChI=1S/C20H23FN4/c1-24(15-16-6-2-3-11-23-16)17-7-5-12-25(13-10-17)20-9-4-8-19(21)18(20)14-22/h2-4,6,8-9,11,17H,5,7,10,12-13,15H2,1H3/t17-/m0/s1. The molecule has 0 bridgehead atoms. The number of nitrogens with zero attached hydrogens (tertiary/aromatic N) is 4. The summed E-state index contributed by atoms with van der Waals surface area (Å²) in [7, 11) is 2.14. The number of hydrogen-bond acceptors (Lipinski definition) is 4. The van der Waals surface area contributed by atoms with Crippen molar-refractivity contribution in [1.82, 2.24) is 9.88 Å². The van der Waals surface area contributed by atoms with E-state index in [1.54, 1.807) is 6.07 Å². The molecular formula is C20H23FN4. The molecule has 0 radical (unpaired) electrons. The molecule has 1 atom stereocenters. The van der Waals surface area contributed by atoms with E-state index in [1.165, 1.54) is 6.07 Å². The van der Waals surface area contributed by atoms with E-state index in [9.17, 15) is 9.65 Å². The Labute approximate surface area is 148 Å². The summed E-state index contributed by atoms with van der Waals surface area (Å²) in [5, 5.41) is 9.27. The number of benzene rings is 1. The Morgan fingerprint density at radius 2 is 2.12 bits per heavy atom. The first-order valence-electron chi connectivity index (χ1n) is 8.72. The lowest BCUT2D eigenvalue weighted by molar-refractivity contribution is 0.215. The molecule has 5 heteroatoms. The molecule has 2 aromatic rings. The Balaban J connectivity index is 1.67. The minimum absolute atomic E-state index is 0.155. The quantitative estimate of drug-likeness (QED) is 0.854. The van der Waals surface area contributed by atoms with Gasteiger partial charge in [0, 0.05) is 31.9 Å². The lowest BCUT2D eigenvalue weighted by Gasteiger charge is -2.27. The molecule has 0 amide bonds. The van der Waals surface area contributed by atoms with Crippen LogP contribution in [0.4, 0.5) is 10.1 Å². The lowest BCUT2D eigenvalue weighted by Crippen LogP contribution is -2.33. The first-order chi connectivity index (χ1) is 12.2. The van der Waals surface area contributed by atoms with E-state index >= 15 is 0 Å². The van der Waals surface area contributed by atoms with Crippen LogP contribution in [0.25, 0.3) is 0 Å². The second-order valence-electron chi connectivity index (χ2n) is 6.55. The molecule has 0 aliphatic carbocycles. The van der Waals surface area contributed by atoms with Gasteiger partial charge in [-0.3, -0.25) is 9.88 Å². The molecule has 130 valence electrons. The first kappa shape index (κ1) is 17.4. The minimum Gasteiger partial charge on any atom is -0.370 e. The van der Waals surface area contributed by atoms with Crippen LogP contribution in [0.1, 0.15) is 30.5 Å². The zero-order valence-corrected chi connectivity index (χ0v) is 14.5. The number of rotatable bonds is 4. The normalized spacial score (nSPS) is 18.0. The van der Waals surface area contributed by atoms with Crippen LogP contribution in [0.5, 0.6) is 0 Å². The molecular weight excluding hydrogens is 315 g/mol. The summed E-state index contributed by atoms with van der Waals surface area (Å²) in [4.78, 5) is 8.90. The van der Waals surface area contributed by atoms with E-state index in [2.05, 4.69) is 21.8 Å². The van der Waals surface area contributed by atoms with E-state index in [0.29, 0.717) is 6.04 Å². The molecule has 0 saturated carbocycles. The van der Waals surface area contributed by atoms with Crippen LogP contribution in [0.3, 0.4) is 0 Å². The summed E-state index contributed by atoms with van der Waals surface area (Å²) in [6, 6.07) is 13.3. The summed E-state index contributed by atoms with van der Waals surface area (Å²) in [6.07, 6.45) is 4.94. The third-order valence-corrected chi connectivity index (χ3v) is 4.90. The van der Waals surface area contributed by atoms with Gasteiger partial charge in [-0.1, -0.05) is 12.1 Å². The van der Waals surface area contributed by atoms with Crippen LogP contribution in [0.15, 0.2) is 42.6 Å². The van der Waals surface area contributed by atoms with Crippen molar-refractivity contribution in [3.05, 3.63) is 59.7 Å². The number of pyridine rings is 1. The third-order valence-electron chi connectivity index (χ3n) is 4.90. The zero-order valence-electron chi connectivity index (χ0n) is 14.5. The molecule has 1 aromatic carbocycles. The van der Waals surface area contributed by atoms with Gasteiger partial charge in [-0.2, -0.15) is 5.26 Å². The maximum atomic E-state index is 13.9. The smallest absolute Gasteiger partial charge is 0.143 e. The van der Waals surface area contributed by atoms with Gasteiger partial charge in [-0.05, 0) is 50.6 Å². The van der Waals surface area contributed by atoms with Gasteiger partial charge in [0.1, 0.15) is 17.4 Å². The van der Waals surface area contributed by atoms with Crippen molar-refractivity contribution in [3.8, 4) is 6.07 Å². The van der Waals surface area contributed by atoms with Gasteiger partial charge in [0.2, 0.25) is 0 Å². The van der Waals surface area contributed by atoms with E-state index in [-0.39, 0.29) is 5.56 Å². The largest absolute Gasteiger partial charge is 0.370 e. The number of halogens is 1. The zero-order chi connectivity index (χ0) is 17.6. The van der Waals surface area contributed by atoms with E-state index in [4.69, 9.17) is 0 Å². The van der Waals surface area contributed by atoms with Gasteiger partial charge in [-0.25, -0.2) is 4.39 Å². The second-order valence-corrected chi connectivity index (χ2v) is 6.55. The number of nitriles is 1. The van der Waals surface area contributed by atoms with Crippen molar-refractivity contribution < 1.29 is 4.39 Å². The molecule has 0 spiro atoms. The molecule has 25 heavy (non-hydrogen) atoms. The van der Waals surface area contributed by atoms with E-state index in [0.717, 1.165) is 50.3 Å². The van der Waals surface area contributed by atoms with Gasteiger partial charge >= 0.3 is 0 Å². The van der Waals surface area contributed by atoms with Crippen LogP contribution in [0.2, 0.25) is 0 Å². The molecule has 0 unspecified atom stereocenters. The second kappa shape index (κ2) is 8.09. The van der Waals surface area contributed by atoms with Gasteiger partial charge in [0.05, 0.1) is 11.4 Å². The van der Waals surface area contributed by atoms with Crippen LogP contribution < -0.4 is 4.90 Å². The highest BCUT2D eigenvalue weighted by Gasteiger charge is 2.23. The Bertz CT molecular complexity index is 741. The van der Waals surface area contributed by atoms with Crippen LogP contribution >= 0.6 is 0 Å². The summed E-state index contributed by atoms with van der Waals surface area (Å²) < 4.78 is 13.9. The average Bonchev–Trinajstić information content (AvgIpc) is 2.88. The van der Waals surface area contributed by atoms with Crippen molar-refractivity contribution in [1.29, 1.82) is 5.26 Å². The Morgan fingerprint density at radius 3 is 2.88 bits per heavy atom. The van der Waals surface area contributed by atoms with Crippen LogP contribution in [-0.2, 0) is 6.54 Å². The lowest BCUT2D eigenvalue weighted by atomic mass is 10.1. The maximum absolute atomic E-state index is 13.9. The van der Waals surface area contributed by atoms with Gasteiger partial charge < -0.3 is 4.90 Å². The fourth-order valence-corrected chi connectivity index (χ4v) is 3.52. The van der Waals surface area contributed by atoms with E-state index in [1.807, 2.05) is 36.5 Å². The number of aromatic nitrogens is 1. The maximum Gasteiger partial charge on any atom is 0.143 e. The summed E-state index contributed by atoms with van der Waals surface area (Å²) in [6.45, 7) is 2.51. The van der Waals surface area contributed by atoms with Crippen molar-refractivity contribution in [2.24, 2.45) is 0 Å². The molecule has 1 aliphatic heterocycles. The Kier molecular flexibility index (Phi) is 5.62. The molecule has 1 aliphatic rings. The topological polar surface area (TPSA) is 43.2 Å². The number of anilines is 1. The van der Waals surface area contributed by atoms with Crippen molar-refractivity contribution in [3.63, 3.8) is 0 Å². The molecule has 0 N–H and O–H groups in total. The minimum atomic E-state index is -0.437. The average molecular weight is 338 g/mol. The molecule has 2 heterocycles. The van der Waals surface area contributed by atoms with E-state index < -0.39 is 5.82 Å². The van der Waals surface area contributed by atoms with Gasteiger partial charge in [0.25, 0.3) is 0 Å². The fourth-order valence-electron chi connectivity index (χ4n) is 3.52.